The topological polar surface area (TPSA) is 0 Å². The molecule has 0 N–H and O–H groups in total. The highest BCUT2D eigenvalue weighted by molar-refractivity contribution is 6.52. The lowest BCUT2D eigenvalue weighted by molar-refractivity contribution is 1.68. The van der Waals surface area contributed by atoms with Gasteiger partial charge in [-0.2, -0.15) is 0 Å². The molecule has 5 rings (SSSR count). The molecule has 0 aromatic heterocycles. The maximum atomic E-state index is 2.36. The minimum absolute atomic E-state index is 1.06. The molecule has 26 heavy (non-hydrogen) atoms. The van der Waals surface area contributed by atoms with Gasteiger partial charge in [-0.25, -0.2) is 0 Å². The number of fused-ring (bicyclic) bond motifs is 6. The molecule has 0 aliphatic heterocycles. The molecule has 0 heterocycles. The van der Waals surface area contributed by atoms with Crippen LogP contribution in [0.5, 0.6) is 0 Å². The average Bonchev–Trinajstić information content (AvgIpc) is 2.73. The molecular formula is C25H19B. The largest absolute Gasteiger partial charge is 0.154 e. The zero-order valence-corrected chi connectivity index (χ0v) is 14.9. The summed E-state index contributed by atoms with van der Waals surface area (Å²) in [6.07, 6.45) is 0. The maximum absolute atomic E-state index is 2.36. The molecule has 0 spiro atoms. The highest BCUT2D eigenvalue weighted by Crippen LogP contribution is 2.36. The molecule has 0 saturated heterocycles. The summed E-state index contributed by atoms with van der Waals surface area (Å²) in [4.78, 5) is 0. The van der Waals surface area contributed by atoms with E-state index in [1.54, 1.807) is 0 Å². The molecule has 0 nitrogen and oxygen atoms in total. The predicted molar refractivity (Wildman–Crippen MR) is 117 cm³/mol. The second kappa shape index (κ2) is 6.03. The van der Waals surface area contributed by atoms with Gasteiger partial charge in [-0.1, -0.05) is 97.2 Å². The summed E-state index contributed by atoms with van der Waals surface area (Å²) in [7, 11) is 1.06. The molecule has 0 atom stereocenters. The zero-order valence-electron chi connectivity index (χ0n) is 14.9. The lowest BCUT2D eigenvalue weighted by Gasteiger charge is -2.12. The Bertz CT molecular complexity index is 1230. The summed E-state index contributed by atoms with van der Waals surface area (Å²) in [6, 6.07) is 33.3. The van der Waals surface area contributed by atoms with Gasteiger partial charge in [0, 0.05) is 0 Å². The Morgan fingerprint density at radius 1 is 0.462 bits per heavy atom. The van der Waals surface area contributed by atoms with Crippen LogP contribution in [0.1, 0.15) is 0 Å². The molecule has 0 bridgehead atoms. The maximum Gasteiger partial charge on any atom is 0.154 e. The molecule has 0 radical (unpaired) electrons. The molecule has 1 heteroatoms. The van der Waals surface area contributed by atoms with E-state index < -0.39 is 0 Å². The number of rotatable bonds is 2. The third-order valence-corrected chi connectivity index (χ3v) is 5.41. The van der Waals surface area contributed by atoms with Crippen LogP contribution in [0.4, 0.5) is 0 Å². The Labute approximate surface area is 154 Å². The van der Waals surface area contributed by atoms with Crippen LogP contribution in [0.25, 0.3) is 43.4 Å². The van der Waals surface area contributed by atoms with Crippen LogP contribution >= 0.6 is 0 Å². The summed E-state index contributed by atoms with van der Waals surface area (Å²) in [5, 5.41) is 7.98. The smallest absolute Gasteiger partial charge is 0.0849 e. The first-order chi connectivity index (χ1) is 12.8. The van der Waals surface area contributed by atoms with E-state index >= 15 is 0 Å². The monoisotopic (exact) mass is 330 g/mol. The van der Waals surface area contributed by atoms with Crippen LogP contribution in [0.3, 0.4) is 0 Å². The van der Waals surface area contributed by atoms with Crippen LogP contribution in [0.2, 0.25) is 6.82 Å². The van der Waals surface area contributed by atoms with Crippen LogP contribution < -0.4 is 5.46 Å². The van der Waals surface area contributed by atoms with Crippen molar-refractivity contribution in [2.45, 2.75) is 6.82 Å². The SMILES string of the molecule is CBc1cccc(-c2ccc3c4ccccc4c4ccccc4c3c2)c1. The van der Waals surface area contributed by atoms with Crippen molar-refractivity contribution in [1.82, 2.24) is 0 Å². The van der Waals surface area contributed by atoms with E-state index in [-0.39, 0.29) is 0 Å². The van der Waals surface area contributed by atoms with E-state index in [0.29, 0.717) is 0 Å². The van der Waals surface area contributed by atoms with Crippen molar-refractivity contribution in [2.24, 2.45) is 0 Å². The minimum Gasteiger partial charge on any atom is -0.0849 e. The van der Waals surface area contributed by atoms with Gasteiger partial charge in [0.2, 0.25) is 0 Å². The molecule has 0 fully saturated rings. The average molecular weight is 330 g/mol. The molecule has 5 aromatic rings. The fourth-order valence-corrected chi connectivity index (χ4v) is 4.06. The predicted octanol–water partition coefficient (Wildman–Crippen LogP) is 5.92. The first kappa shape index (κ1) is 15.2. The fourth-order valence-electron chi connectivity index (χ4n) is 4.06. The highest BCUT2D eigenvalue weighted by atomic mass is 14.1. The Hall–Kier alpha value is -3.06. The van der Waals surface area contributed by atoms with Gasteiger partial charge in [0.05, 0.1) is 0 Å². The van der Waals surface area contributed by atoms with Gasteiger partial charge < -0.3 is 0 Å². The van der Waals surface area contributed by atoms with Crippen molar-refractivity contribution in [2.75, 3.05) is 0 Å². The number of hydrogen-bond acceptors (Lipinski definition) is 0. The highest BCUT2D eigenvalue weighted by Gasteiger charge is 2.09. The van der Waals surface area contributed by atoms with E-state index in [1.807, 2.05) is 0 Å². The third kappa shape index (κ3) is 2.32. The molecule has 0 unspecified atom stereocenters. The molecule has 0 saturated carbocycles. The Morgan fingerprint density at radius 2 is 1.00 bits per heavy atom. The zero-order chi connectivity index (χ0) is 17.5. The summed E-state index contributed by atoms with van der Waals surface area (Å²) < 4.78 is 0. The van der Waals surface area contributed by atoms with Gasteiger partial charge in [0.25, 0.3) is 0 Å². The van der Waals surface area contributed by atoms with Gasteiger partial charge in [-0.15, -0.1) is 0 Å². The number of benzene rings is 5. The number of hydrogen-bond donors (Lipinski definition) is 0. The first-order valence-corrected chi connectivity index (χ1v) is 9.27. The van der Waals surface area contributed by atoms with Gasteiger partial charge in [-0.3, -0.25) is 0 Å². The van der Waals surface area contributed by atoms with E-state index in [2.05, 4.69) is 97.8 Å². The summed E-state index contributed by atoms with van der Waals surface area (Å²) in [5.41, 5.74) is 3.96. The summed E-state index contributed by atoms with van der Waals surface area (Å²) in [5.74, 6) is 0. The molecule has 0 amide bonds. The Morgan fingerprint density at radius 3 is 1.62 bits per heavy atom. The van der Waals surface area contributed by atoms with E-state index in [9.17, 15) is 0 Å². The second-order valence-electron chi connectivity index (χ2n) is 6.91. The van der Waals surface area contributed by atoms with Crippen molar-refractivity contribution < 1.29 is 0 Å². The van der Waals surface area contributed by atoms with Crippen molar-refractivity contribution in [3.63, 3.8) is 0 Å². The summed E-state index contributed by atoms with van der Waals surface area (Å²) >= 11 is 0. The van der Waals surface area contributed by atoms with Gasteiger partial charge >= 0.3 is 0 Å². The van der Waals surface area contributed by atoms with Gasteiger partial charge in [0.1, 0.15) is 0 Å². The second-order valence-corrected chi connectivity index (χ2v) is 6.91. The quantitative estimate of drug-likeness (QED) is 0.278. The van der Waals surface area contributed by atoms with Gasteiger partial charge in [0.15, 0.2) is 7.28 Å². The van der Waals surface area contributed by atoms with Crippen LogP contribution in [0, 0.1) is 0 Å². The standard InChI is InChI=1S/C25H19B/c1-26-19-8-6-7-17(15-19)18-13-14-24-22-11-3-2-9-20(22)21-10-4-5-12-23(21)25(24)16-18/h2-16,26H,1H3. The van der Waals surface area contributed by atoms with Crippen LogP contribution in [-0.2, 0) is 0 Å². The Balaban J connectivity index is 1.88. The normalized spacial score (nSPS) is 11.3. The van der Waals surface area contributed by atoms with Crippen molar-refractivity contribution in [3.8, 4) is 11.1 Å². The van der Waals surface area contributed by atoms with E-state index in [0.717, 1.165) is 7.28 Å². The summed E-state index contributed by atoms with van der Waals surface area (Å²) in [6.45, 7) is 2.21. The molecule has 0 aliphatic rings. The van der Waals surface area contributed by atoms with Crippen molar-refractivity contribution in [3.05, 3.63) is 91.0 Å². The fraction of sp³-hybridized carbons (Fsp3) is 0.0400. The lowest BCUT2D eigenvalue weighted by atomic mass is 9.73. The van der Waals surface area contributed by atoms with E-state index in [4.69, 9.17) is 0 Å². The van der Waals surface area contributed by atoms with E-state index in [1.165, 1.54) is 48.9 Å². The third-order valence-electron chi connectivity index (χ3n) is 5.41. The van der Waals surface area contributed by atoms with Crippen molar-refractivity contribution >= 4 is 45.1 Å². The van der Waals surface area contributed by atoms with Crippen LogP contribution in [-0.4, -0.2) is 7.28 Å². The Kier molecular flexibility index (Phi) is 3.53. The molecule has 0 aliphatic carbocycles. The molecular weight excluding hydrogens is 311 g/mol. The minimum atomic E-state index is 1.06. The molecule has 5 aromatic carbocycles. The van der Waals surface area contributed by atoms with Crippen LogP contribution in [0.15, 0.2) is 91.0 Å². The lowest BCUT2D eigenvalue weighted by Crippen LogP contribution is -2.09. The van der Waals surface area contributed by atoms with Crippen molar-refractivity contribution in [1.29, 1.82) is 0 Å². The van der Waals surface area contributed by atoms with Gasteiger partial charge in [-0.05, 0) is 49.5 Å². The first-order valence-electron chi connectivity index (χ1n) is 9.27. The molecule has 122 valence electrons.